The quantitative estimate of drug-likeness (QED) is 0.151. The SMILES string of the molecule is CC1(C)c2ccccc2N2c3c(cccc31)B1c3c(cc4c(c32)C(C)(C)c2ccccc2-4)-c2cccc3c4c5ccccc5sc4n1c23. The van der Waals surface area contributed by atoms with E-state index in [9.17, 15) is 0 Å². The van der Waals surface area contributed by atoms with Crippen molar-refractivity contribution in [2.24, 2.45) is 0 Å². The molecule has 48 heavy (non-hydrogen) atoms. The van der Waals surface area contributed by atoms with Crippen LogP contribution in [-0.2, 0) is 10.8 Å². The highest BCUT2D eigenvalue weighted by atomic mass is 32.1. The van der Waals surface area contributed by atoms with Crippen molar-refractivity contribution in [1.29, 1.82) is 0 Å². The number of nitrogens with zero attached hydrogens (tertiary/aromatic N) is 2. The van der Waals surface area contributed by atoms with Crippen LogP contribution in [0.2, 0.25) is 0 Å². The van der Waals surface area contributed by atoms with Gasteiger partial charge in [0.15, 0.2) is 0 Å². The van der Waals surface area contributed by atoms with Crippen LogP contribution in [0.4, 0.5) is 17.1 Å². The Hall–Kier alpha value is -5.06. The van der Waals surface area contributed by atoms with Crippen molar-refractivity contribution in [2.75, 3.05) is 4.90 Å². The molecule has 3 aliphatic heterocycles. The minimum Gasteiger partial charge on any atom is -0.367 e. The summed E-state index contributed by atoms with van der Waals surface area (Å²) >= 11 is 1.96. The zero-order valence-corrected chi connectivity index (χ0v) is 28.2. The van der Waals surface area contributed by atoms with Gasteiger partial charge in [0, 0.05) is 54.1 Å². The topological polar surface area (TPSA) is 8.17 Å². The summed E-state index contributed by atoms with van der Waals surface area (Å²) in [7, 11) is 0. The van der Waals surface area contributed by atoms with Gasteiger partial charge in [-0.1, -0.05) is 125 Å². The summed E-state index contributed by atoms with van der Waals surface area (Å²) in [5, 5.41) is 4.13. The van der Waals surface area contributed by atoms with Crippen LogP contribution in [0, 0.1) is 0 Å². The Morgan fingerprint density at radius 2 is 1.29 bits per heavy atom. The van der Waals surface area contributed by atoms with E-state index in [1.165, 1.54) is 104 Å². The van der Waals surface area contributed by atoms with E-state index < -0.39 is 0 Å². The first kappa shape index (κ1) is 26.0. The second-order valence-corrected chi connectivity index (χ2v) is 16.3. The molecule has 0 unspecified atom stereocenters. The van der Waals surface area contributed by atoms with Crippen molar-refractivity contribution in [3.63, 3.8) is 0 Å². The molecule has 6 aromatic carbocycles. The smallest absolute Gasteiger partial charge is 0.333 e. The Kier molecular flexibility index (Phi) is 4.40. The van der Waals surface area contributed by atoms with Crippen molar-refractivity contribution in [3.8, 4) is 22.3 Å². The lowest BCUT2D eigenvalue weighted by Gasteiger charge is -2.49. The van der Waals surface area contributed by atoms with E-state index in [4.69, 9.17) is 0 Å². The van der Waals surface area contributed by atoms with Gasteiger partial charge in [-0.3, -0.25) is 0 Å². The van der Waals surface area contributed by atoms with E-state index in [1.807, 2.05) is 11.3 Å². The van der Waals surface area contributed by atoms with E-state index >= 15 is 0 Å². The third-order valence-corrected chi connectivity index (χ3v) is 13.5. The van der Waals surface area contributed by atoms with Gasteiger partial charge in [0.05, 0.1) is 10.5 Å². The van der Waals surface area contributed by atoms with Gasteiger partial charge in [0.2, 0.25) is 0 Å². The molecule has 0 amide bonds. The highest BCUT2D eigenvalue weighted by molar-refractivity contribution is 7.26. The third kappa shape index (κ3) is 2.69. The number of anilines is 3. The van der Waals surface area contributed by atoms with Gasteiger partial charge in [-0.05, 0) is 68.1 Å². The molecule has 1 aliphatic carbocycles. The summed E-state index contributed by atoms with van der Waals surface area (Å²) < 4.78 is 4.11. The molecule has 0 N–H and O–H groups in total. The van der Waals surface area contributed by atoms with Crippen LogP contribution < -0.4 is 15.8 Å². The third-order valence-electron chi connectivity index (χ3n) is 12.3. The lowest BCUT2D eigenvalue weighted by atomic mass is 9.43. The molecule has 0 fully saturated rings. The first-order chi connectivity index (χ1) is 23.4. The summed E-state index contributed by atoms with van der Waals surface area (Å²) in [6.45, 7) is 9.80. The summed E-state index contributed by atoms with van der Waals surface area (Å²) in [5.41, 5.74) is 19.2. The lowest BCUT2D eigenvalue weighted by Crippen LogP contribution is -2.58. The maximum absolute atomic E-state index is 2.75. The van der Waals surface area contributed by atoms with Gasteiger partial charge in [-0.2, -0.15) is 0 Å². The zero-order valence-electron chi connectivity index (χ0n) is 27.3. The normalized spacial score (nSPS) is 16.6. The van der Waals surface area contributed by atoms with Crippen LogP contribution in [0.5, 0.6) is 0 Å². The molecular weight excluding hydrogens is 599 g/mol. The van der Waals surface area contributed by atoms with Gasteiger partial charge in [0.25, 0.3) is 0 Å². The second-order valence-electron chi connectivity index (χ2n) is 15.3. The van der Waals surface area contributed by atoms with Gasteiger partial charge in [-0.25, -0.2) is 0 Å². The summed E-state index contributed by atoms with van der Waals surface area (Å²) in [6, 6.07) is 44.1. The number of benzene rings is 6. The number of thiophene rings is 1. The minimum absolute atomic E-state index is 0.0648. The van der Waals surface area contributed by atoms with Crippen molar-refractivity contribution < 1.29 is 0 Å². The minimum atomic E-state index is -0.162. The van der Waals surface area contributed by atoms with Crippen LogP contribution in [0.1, 0.15) is 49.9 Å². The molecule has 5 heterocycles. The number of aromatic nitrogens is 1. The Morgan fingerprint density at radius 1 is 0.583 bits per heavy atom. The fourth-order valence-corrected chi connectivity index (χ4v) is 11.6. The molecule has 0 atom stereocenters. The summed E-state index contributed by atoms with van der Waals surface area (Å²) in [4.78, 5) is 4.08. The lowest BCUT2D eigenvalue weighted by molar-refractivity contribution is 0.630. The van der Waals surface area contributed by atoms with Crippen LogP contribution >= 0.6 is 11.3 Å². The fourth-order valence-electron chi connectivity index (χ4n) is 10.3. The molecule has 0 spiro atoms. The number of hydrogen-bond donors (Lipinski definition) is 0. The first-order valence-corrected chi connectivity index (χ1v) is 18.0. The van der Waals surface area contributed by atoms with Gasteiger partial charge < -0.3 is 9.38 Å². The van der Waals surface area contributed by atoms with E-state index in [2.05, 4.69) is 152 Å². The molecule has 8 aromatic rings. The van der Waals surface area contributed by atoms with Crippen molar-refractivity contribution in [1.82, 2.24) is 4.48 Å². The second kappa shape index (κ2) is 8.14. The molecular formula is C44H31BN2S. The number of rotatable bonds is 0. The van der Waals surface area contributed by atoms with Gasteiger partial charge in [-0.15, -0.1) is 11.3 Å². The van der Waals surface area contributed by atoms with Crippen LogP contribution in [0.15, 0.2) is 115 Å². The largest absolute Gasteiger partial charge is 0.367 e. The fraction of sp³-hybridized carbons (Fsp3) is 0.136. The van der Waals surface area contributed by atoms with E-state index in [-0.39, 0.29) is 17.7 Å². The first-order valence-electron chi connectivity index (χ1n) is 17.2. The Morgan fingerprint density at radius 3 is 2.19 bits per heavy atom. The molecule has 226 valence electrons. The number of hydrogen-bond acceptors (Lipinski definition) is 2. The maximum atomic E-state index is 2.75. The Balaban J connectivity index is 1.35. The van der Waals surface area contributed by atoms with Crippen LogP contribution in [0.25, 0.3) is 53.5 Å². The highest BCUT2D eigenvalue weighted by Crippen LogP contribution is 2.60. The van der Waals surface area contributed by atoms with Crippen molar-refractivity contribution in [3.05, 3.63) is 138 Å². The maximum Gasteiger partial charge on any atom is 0.333 e. The van der Waals surface area contributed by atoms with Crippen LogP contribution in [-0.4, -0.2) is 11.3 Å². The molecule has 0 saturated carbocycles. The molecule has 12 rings (SSSR count). The average molecular weight is 631 g/mol. The molecule has 4 aliphatic rings. The van der Waals surface area contributed by atoms with Gasteiger partial charge >= 0.3 is 6.85 Å². The molecule has 4 heteroatoms. The summed E-state index contributed by atoms with van der Waals surface area (Å²) in [6.07, 6.45) is 0. The average Bonchev–Trinajstić information content (AvgIpc) is 3.71. The zero-order chi connectivity index (χ0) is 31.8. The van der Waals surface area contributed by atoms with E-state index in [0.717, 1.165) is 0 Å². The number of fused-ring (bicyclic) bond motifs is 15. The van der Waals surface area contributed by atoms with E-state index in [0.29, 0.717) is 0 Å². The molecule has 0 saturated heterocycles. The molecule has 0 bridgehead atoms. The molecule has 2 nitrogen and oxygen atoms in total. The number of para-hydroxylation sites is 3. The standard InChI is InChI=1S/C44H31BN2S/c1-43(2)31-18-8-9-21-34(31)46-40-32(43)19-12-20-33(40)45-38-29(23-28-24-13-5-7-17-30(24)44(3,4)37(28)41(38)46)25-15-11-16-27-36-26-14-6-10-22-35(26)48-42(36)47(45)39(25)27/h5-23H,1-4H3. The predicted octanol–water partition coefficient (Wildman–Crippen LogP) is 10.4. The highest BCUT2D eigenvalue weighted by Gasteiger charge is 2.52. The molecule has 0 radical (unpaired) electrons. The Labute approximate surface area is 284 Å². The van der Waals surface area contributed by atoms with E-state index in [1.54, 1.807) is 0 Å². The monoisotopic (exact) mass is 630 g/mol. The van der Waals surface area contributed by atoms with Crippen molar-refractivity contribution in [2.45, 2.75) is 38.5 Å². The Bertz CT molecular complexity index is 2810. The molecule has 2 aromatic heterocycles. The van der Waals surface area contributed by atoms with Gasteiger partial charge in [0.1, 0.15) is 0 Å². The summed E-state index contributed by atoms with van der Waals surface area (Å²) in [5.74, 6) is 0. The van der Waals surface area contributed by atoms with Crippen molar-refractivity contribution >= 4 is 77.4 Å². The predicted molar refractivity (Wildman–Crippen MR) is 205 cm³/mol. The van der Waals surface area contributed by atoms with Crippen LogP contribution in [0.3, 0.4) is 0 Å².